The summed E-state index contributed by atoms with van der Waals surface area (Å²) in [6.45, 7) is 0.510. The molecule has 2 heterocycles. The van der Waals surface area contributed by atoms with Crippen LogP contribution >= 0.6 is 0 Å². The van der Waals surface area contributed by atoms with Crippen LogP contribution in [0.2, 0.25) is 0 Å². The van der Waals surface area contributed by atoms with Crippen molar-refractivity contribution >= 4 is 5.97 Å². The van der Waals surface area contributed by atoms with E-state index in [0.717, 1.165) is 5.56 Å². The molecule has 1 fully saturated rings. The summed E-state index contributed by atoms with van der Waals surface area (Å²) in [6, 6.07) is 3.63. The molecule has 14 heavy (non-hydrogen) atoms. The topological polar surface area (TPSA) is 59.4 Å². The molecule has 1 aromatic rings. The highest BCUT2D eigenvalue weighted by Gasteiger charge is 2.35. The Balaban J connectivity index is 2.22. The summed E-state index contributed by atoms with van der Waals surface area (Å²) in [4.78, 5) is 14.8. The van der Waals surface area contributed by atoms with E-state index in [2.05, 4.69) is 4.98 Å². The minimum atomic E-state index is -0.795. The smallest absolute Gasteiger partial charge is 0.309 e. The van der Waals surface area contributed by atoms with Crippen LogP contribution in [0.15, 0.2) is 24.5 Å². The van der Waals surface area contributed by atoms with Gasteiger partial charge in [0.05, 0.1) is 12.0 Å². The van der Waals surface area contributed by atoms with Crippen molar-refractivity contribution in [3.8, 4) is 0 Å². The Labute approximate surface area is 81.5 Å². The van der Waals surface area contributed by atoms with Gasteiger partial charge in [-0.3, -0.25) is 9.78 Å². The van der Waals surface area contributed by atoms with Crippen LogP contribution in [0.25, 0.3) is 0 Å². The number of carboxylic acid groups (broad SMARTS) is 1. The second kappa shape index (κ2) is 3.75. The van der Waals surface area contributed by atoms with Gasteiger partial charge < -0.3 is 9.84 Å². The predicted molar refractivity (Wildman–Crippen MR) is 48.7 cm³/mol. The van der Waals surface area contributed by atoms with E-state index in [0.29, 0.717) is 13.0 Å². The molecular formula is C10H11NO3. The number of aliphatic carboxylic acids is 1. The highest BCUT2D eigenvalue weighted by molar-refractivity contribution is 5.71. The Morgan fingerprint density at radius 2 is 2.50 bits per heavy atom. The van der Waals surface area contributed by atoms with Crippen LogP contribution in [0.4, 0.5) is 0 Å². The number of ether oxygens (including phenoxy) is 1. The quantitative estimate of drug-likeness (QED) is 0.767. The number of nitrogens with zero attached hydrogens (tertiary/aromatic N) is 1. The first-order valence-corrected chi connectivity index (χ1v) is 4.53. The Morgan fingerprint density at radius 1 is 1.64 bits per heavy atom. The Kier molecular flexibility index (Phi) is 2.45. The summed E-state index contributed by atoms with van der Waals surface area (Å²) >= 11 is 0. The fourth-order valence-electron chi connectivity index (χ4n) is 1.72. The summed E-state index contributed by atoms with van der Waals surface area (Å²) in [7, 11) is 0. The SMILES string of the molecule is O=C(O)[C@H]1CCO[C@H]1c1cccnc1. The van der Waals surface area contributed by atoms with Crippen LogP contribution in [-0.4, -0.2) is 22.7 Å². The van der Waals surface area contributed by atoms with Gasteiger partial charge in [-0.25, -0.2) is 0 Å². The molecule has 0 aromatic carbocycles. The molecule has 0 aliphatic carbocycles. The van der Waals surface area contributed by atoms with Crippen molar-refractivity contribution in [2.75, 3.05) is 6.61 Å². The van der Waals surface area contributed by atoms with E-state index < -0.39 is 11.9 Å². The van der Waals surface area contributed by atoms with Crippen molar-refractivity contribution in [1.82, 2.24) is 4.98 Å². The van der Waals surface area contributed by atoms with Crippen molar-refractivity contribution in [2.24, 2.45) is 5.92 Å². The van der Waals surface area contributed by atoms with Gasteiger partial charge >= 0.3 is 5.97 Å². The molecule has 0 spiro atoms. The lowest BCUT2D eigenvalue weighted by atomic mass is 9.97. The number of pyridine rings is 1. The number of hydrogen-bond donors (Lipinski definition) is 1. The molecule has 1 saturated heterocycles. The molecule has 4 heteroatoms. The van der Waals surface area contributed by atoms with Gasteiger partial charge in [0.2, 0.25) is 0 Å². The van der Waals surface area contributed by atoms with Gasteiger partial charge in [-0.1, -0.05) is 6.07 Å². The van der Waals surface area contributed by atoms with Crippen molar-refractivity contribution < 1.29 is 14.6 Å². The molecule has 1 aliphatic rings. The first kappa shape index (κ1) is 9.15. The standard InChI is InChI=1S/C10H11NO3/c12-10(13)8-3-5-14-9(8)7-2-1-4-11-6-7/h1-2,4,6,8-9H,3,5H2,(H,12,13)/t8-,9-/m0/s1. The van der Waals surface area contributed by atoms with E-state index in [1.807, 2.05) is 6.07 Å². The van der Waals surface area contributed by atoms with Gasteiger partial charge in [-0.2, -0.15) is 0 Å². The molecule has 2 atom stereocenters. The molecule has 0 bridgehead atoms. The third-order valence-electron chi connectivity index (χ3n) is 2.42. The number of carbonyl (C=O) groups is 1. The number of rotatable bonds is 2. The van der Waals surface area contributed by atoms with Crippen LogP contribution in [-0.2, 0) is 9.53 Å². The van der Waals surface area contributed by atoms with E-state index in [9.17, 15) is 4.79 Å². The van der Waals surface area contributed by atoms with Gasteiger partial charge in [0.1, 0.15) is 0 Å². The zero-order valence-electron chi connectivity index (χ0n) is 7.59. The van der Waals surface area contributed by atoms with Crippen LogP contribution in [0, 0.1) is 5.92 Å². The molecule has 0 radical (unpaired) electrons. The summed E-state index contributed by atoms with van der Waals surface area (Å²) in [5, 5.41) is 8.94. The maximum Gasteiger partial charge on any atom is 0.309 e. The molecule has 0 saturated carbocycles. The minimum absolute atomic E-state index is 0.332. The van der Waals surface area contributed by atoms with Crippen LogP contribution in [0.5, 0.6) is 0 Å². The van der Waals surface area contributed by atoms with E-state index in [1.165, 1.54) is 0 Å². The second-order valence-electron chi connectivity index (χ2n) is 3.31. The van der Waals surface area contributed by atoms with Gasteiger partial charge in [0.25, 0.3) is 0 Å². The molecular weight excluding hydrogens is 182 g/mol. The first-order valence-electron chi connectivity index (χ1n) is 4.53. The largest absolute Gasteiger partial charge is 0.481 e. The van der Waals surface area contributed by atoms with E-state index in [1.54, 1.807) is 18.5 Å². The predicted octanol–water partition coefficient (Wildman–Crippen LogP) is 1.24. The maximum absolute atomic E-state index is 10.9. The Morgan fingerprint density at radius 3 is 3.14 bits per heavy atom. The number of aromatic nitrogens is 1. The highest BCUT2D eigenvalue weighted by Crippen LogP contribution is 2.33. The Hall–Kier alpha value is -1.42. The van der Waals surface area contributed by atoms with Crippen molar-refractivity contribution in [3.63, 3.8) is 0 Å². The summed E-state index contributed by atoms with van der Waals surface area (Å²) < 4.78 is 5.39. The monoisotopic (exact) mass is 193 g/mol. The van der Waals surface area contributed by atoms with Gasteiger partial charge in [-0.15, -0.1) is 0 Å². The van der Waals surface area contributed by atoms with Crippen molar-refractivity contribution in [3.05, 3.63) is 30.1 Å². The van der Waals surface area contributed by atoms with E-state index in [-0.39, 0.29) is 6.10 Å². The second-order valence-corrected chi connectivity index (χ2v) is 3.31. The third kappa shape index (κ3) is 1.61. The van der Waals surface area contributed by atoms with Crippen molar-refractivity contribution in [1.29, 1.82) is 0 Å². The summed E-state index contributed by atoms with van der Waals surface area (Å²) in [5.41, 5.74) is 0.845. The van der Waals surface area contributed by atoms with Gasteiger partial charge in [0, 0.05) is 19.0 Å². The van der Waals surface area contributed by atoms with Gasteiger partial charge in [-0.05, 0) is 18.1 Å². The zero-order chi connectivity index (χ0) is 9.97. The highest BCUT2D eigenvalue weighted by atomic mass is 16.5. The van der Waals surface area contributed by atoms with Crippen molar-refractivity contribution in [2.45, 2.75) is 12.5 Å². The number of hydrogen-bond acceptors (Lipinski definition) is 3. The third-order valence-corrected chi connectivity index (χ3v) is 2.42. The fraction of sp³-hybridized carbons (Fsp3) is 0.400. The molecule has 1 aliphatic heterocycles. The molecule has 74 valence electrons. The lowest BCUT2D eigenvalue weighted by molar-refractivity contribution is -0.143. The van der Waals surface area contributed by atoms with E-state index >= 15 is 0 Å². The molecule has 1 N–H and O–H groups in total. The number of carboxylic acids is 1. The molecule has 0 unspecified atom stereocenters. The Bertz CT molecular complexity index is 325. The molecule has 1 aromatic heterocycles. The van der Waals surface area contributed by atoms with E-state index in [4.69, 9.17) is 9.84 Å². The van der Waals surface area contributed by atoms with Crippen LogP contribution in [0.3, 0.4) is 0 Å². The zero-order valence-corrected chi connectivity index (χ0v) is 7.59. The first-order chi connectivity index (χ1) is 6.79. The molecule has 2 rings (SSSR count). The lowest BCUT2D eigenvalue weighted by Gasteiger charge is -2.14. The summed E-state index contributed by atoms with van der Waals surface area (Å²) in [6.07, 6.45) is 3.57. The fourth-order valence-corrected chi connectivity index (χ4v) is 1.72. The summed E-state index contributed by atoms with van der Waals surface area (Å²) in [5.74, 6) is -1.23. The molecule has 0 amide bonds. The molecule has 4 nitrogen and oxygen atoms in total. The normalized spacial score (nSPS) is 26.3. The maximum atomic E-state index is 10.9. The van der Waals surface area contributed by atoms with Gasteiger partial charge in [0.15, 0.2) is 0 Å². The van der Waals surface area contributed by atoms with Crippen LogP contribution in [0.1, 0.15) is 18.1 Å². The average molecular weight is 193 g/mol. The minimum Gasteiger partial charge on any atom is -0.481 e. The average Bonchev–Trinajstić information content (AvgIpc) is 2.67. The van der Waals surface area contributed by atoms with Crippen LogP contribution < -0.4 is 0 Å². The lowest BCUT2D eigenvalue weighted by Crippen LogP contribution is -2.17.